The van der Waals surface area contributed by atoms with Gasteiger partial charge in [-0.15, -0.1) is 12.4 Å². The lowest BCUT2D eigenvalue weighted by Crippen LogP contribution is -2.34. The number of sulfonamides is 1. The summed E-state index contributed by atoms with van der Waals surface area (Å²) in [7, 11) is -2.89. The average molecular weight is 458 g/mol. The number of non-ortho nitro benzene ring substituents is 1. The second-order valence-electron chi connectivity index (χ2n) is 5.88. The van der Waals surface area contributed by atoms with Crippen molar-refractivity contribution < 1.29 is 30.9 Å². The Morgan fingerprint density at radius 1 is 1.17 bits per heavy atom. The van der Waals surface area contributed by atoms with E-state index in [4.69, 9.17) is 5.73 Å². The first-order chi connectivity index (χ1) is 12.8. The van der Waals surface area contributed by atoms with Crippen molar-refractivity contribution in [1.29, 1.82) is 0 Å². The summed E-state index contributed by atoms with van der Waals surface area (Å²) in [5, 5.41) is 10.6. The van der Waals surface area contributed by atoms with Gasteiger partial charge in [-0.25, -0.2) is 12.8 Å². The molecule has 0 unspecified atom stereocenters. The fourth-order valence-electron chi connectivity index (χ4n) is 2.39. The van der Waals surface area contributed by atoms with E-state index in [1.807, 2.05) is 0 Å². The number of alkyl halides is 3. The third-order valence-electron chi connectivity index (χ3n) is 3.94. The molecule has 2 aromatic rings. The van der Waals surface area contributed by atoms with Crippen molar-refractivity contribution in [1.82, 2.24) is 4.31 Å². The van der Waals surface area contributed by atoms with Crippen molar-refractivity contribution in [2.24, 2.45) is 5.73 Å². The summed E-state index contributed by atoms with van der Waals surface area (Å²) in [6, 6.07) is 5.16. The Bertz CT molecular complexity index is 985. The first kappa shape index (κ1) is 24.8. The number of benzene rings is 2. The van der Waals surface area contributed by atoms with E-state index >= 15 is 0 Å². The van der Waals surface area contributed by atoms with Gasteiger partial charge in [0, 0.05) is 31.8 Å². The number of nitro groups is 1. The van der Waals surface area contributed by atoms with Crippen LogP contribution in [-0.2, 0) is 16.2 Å². The molecule has 7 nitrogen and oxygen atoms in total. The van der Waals surface area contributed by atoms with Crippen LogP contribution in [0.1, 0.15) is 17.2 Å². The van der Waals surface area contributed by atoms with E-state index in [-0.39, 0.29) is 35.1 Å². The lowest BCUT2D eigenvalue weighted by atomic mass is 10.0. The maximum absolute atomic E-state index is 13.7. The Balaban J connectivity index is 0.00000420. The zero-order chi connectivity index (χ0) is 21.3. The molecule has 2 aromatic carbocycles. The molecule has 0 heterocycles. The van der Waals surface area contributed by atoms with E-state index in [0.717, 1.165) is 34.6 Å². The van der Waals surface area contributed by atoms with Gasteiger partial charge < -0.3 is 5.73 Å². The zero-order valence-electron chi connectivity index (χ0n) is 14.8. The smallest absolute Gasteiger partial charge is 0.323 e. The van der Waals surface area contributed by atoms with E-state index < -0.39 is 38.5 Å². The molecule has 0 saturated heterocycles. The van der Waals surface area contributed by atoms with Gasteiger partial charge in [0.25, 0.3) is 5.69 Å². The predicted molar refractivity (Wildman–Crippen MR) is 98.5 cm³/mol. The summed E-state index contributed by atoms with van der Waals surface area (Å²) in [4.78, 5) is 9.72. The van der Waals surface area contributed by atoms with Crippen LogP contribution in [0.15, 0.2) is 47.4 Å². The zero-order valence-corrected chi connectivity index (χ0v) is 16.4. The van der Waals surface area contributed by atoms with Crippen LogP contribution < -0.4 is 5.73 Å². The van der Waals surface area contributed by atoms with Gasteiger partial charge in [0.05, 0.1) is 15.4 Å². The van der Waals surface area contributed by atoms with Gasteiger partial charge in [0.15, 0.2) is 0 Å². The molecule has 0 fully saturated rings. The van der Waals surface area contributed by atoms with Gasteiger partial charge in [-0.05, 0) is 29.8 Å². The second-order valence-corrected chi connectivity index (χ2v) is 7.92. The highest BCUT2D eigenvalue weighted by Gasteiger charge is 2.34. The molecule has 0 bridgehead atoms. The number of nitro benzene ring substituents is 1. The summed E-state index contributed by atoms with van der Waals surface area (Å²) in [5.41, 5.74) is 4.06. The number of hydrogen-bond donors (Lipinski definition) is 1. The van der Waals surface area contributed by atoms with Crippen LogP contribution in [0, 0.1) is 15.9 Å². The van der Waals surface area contributed by atoms with Gasteiger partial charge in [-0.3, -0.25) is 10.1 Å². The lowest BCUT2D eigenvalue weighted by molar-refractivity contribution is -0.384. The Labute approximate surface area is 169 Å². The SMILES string of the molecule is CN(C[C@@H](N)c1ccc(C(F)(F)F)c(F)c1)S(=O)(=O)c1ccc([N+](=O)[O-])cc1.Cl. The third kappa shape index (κ3) is 5.63. The molecule has 0 aromatic heterocycles. The summed E-state index contributed by atoms with van der Waals surface area (Å²) in [6.45, 7) is -0.357. The first-order valence-corrected chi connectivity index (χ1v) is 9.11. The van der Waals surface area contributed by atoms with Gasteiger partial charge in [0.1, 0.15) is 5.82 Å². The number of nitrogens with zero attached hydrogens (tertiary/aromatic N) is 2. The summed E-state index contributed by atoms with van der Waals surface area (Å²) in [5.74, 6) is -1.51. The van der Waals surface area contributed by atoms with E-state index in [9.17, 15) is 36.1 Å². The fraction of sp³-hybridized carbons (Fsp3) is 0.250. The minimum absolute atomic E-state index is 0. The lowest BCUT2D eigenvalue weighted by Gasteiger charge is -2.22. The number of nitrogens with two attached hydrogens (primary N) is 1. The van der Waals surface area contributed by atoms with Crippen molar-refractivity contribution in [2.45, 2.75) is 17.1 Å². The van der Waals surface area contributed by atoms with Crippen LogP contribution in [0.25, 0.3) is 0 Å². The van der Waals surface area contributed by atoms with Crippen molar-refractivity contribution in [3.63, 3.8) is 0 Å². The number of halogens is 5. The van der Waals surface area contributed by atoms with Gasteiger partial charge in [-0.2, -0.15) is 17.5 Å². The summed E-state index contributed by atoms with van der Waals surface area (Å²) >= 11 is 0. The molecule has 0 saturated carbocycles. The molecular formula is C16H16ClF4N3O4S. The van der Waals surface area contributed by atoms with E-state index in [2.05, 4.69) is 0 Å². The highest BCUT2D eigenvalue weighted by molar-refractivity contribution is 7.89. The second kappa shape index (κ2) is 9.03. The maximum atomic E-state index is 13.7. The molecule has 0 aliphatic rings. The molecule has 0 aliphatic carbocycles. The summed E-state index contributed by atoms with van der Waals surface area (Å²) in [6.07, 6.45) is -4.86. The summed E-state index contributed by atoms with van der Waals surface area (Å²) < 4.78 is 77.4. The van der Waals surface area contributed by atoms with Crippen LogP contribution >= 0.6 is 12.4 Å². The largest absolute Gasteiger partial charge is 0.419 e. The van der Waals surface area contributed by atoms with Gasteiger partial charge in [0.2, 0.25) is 10.0 Å². The normalized spacial score (nSPS) is 13.1. The first-order valence-electron chi connectivity index (χ1n) is 7.67. The highest BCUT2D eigenvalue weighted by Crippen LogP contribution is 2.32. The van der Waals surface area contributed by atoms with Crippen molar-refractivity contribution in [3.05, 3.63) is 69.5 Å². The van der Waals surface area contributed by atoms with Gasteiger partial charge in [-0.1, -0.05) is 6.07 Å². The number of rotatable bonds is 6. The van der Waals surface area contributed by atoms with Crippen LogP contribution in [0.2, 0.25) is 0 Å². The van der Waals surface area contributed by atoms with Crippen LogP contribution in [0.5, 0.6) is 0 Å². The topological polar surface area (TPSA) is 107 Å². The van der Waals surface area contributed by atoms with Crippen LogP contribution in [0.4, 0.5) is 23.2 Å². The minimum Gasteiger partial charge on any atom is -0.323 e. The molecule has 2 N–H and O–H groups in total. The number of hydrogen-bond acceptors (Lipinski definition) is 5. The van der Waals surface area contributed by atoms with Gasteiger partial charge >= 0.3 is 6.18 Å². The molecule has 13 heteroatoms. The van der Waals surface area contributed by atoms with E-state index in [0.29, 0.717) is 12.1 Å². The Hall–Kier alpha value is -2.28. The van der Waals surface area contributed by atoms with Crippen LogP contribution in [0.3, 0.4) is 0 Å². The Morgan fingerprint density at radius 3 is 2.17 bits per heavy atom. The van der Waals surface area contributed by atoms with Crippen molar-refractivity contribution in [2.75, 3.05) is 13.6 Å². The molecule has 160 valence electrons. The Morgan fingerprint density at radius 2 is 1.72 bits per heavy atom. The quantitative estimate of drug-likeness (QED) is 0.406. The molecular weight excluding hydrogens is 442 g/mol. The molecule has 1 atom stereocenters. The molecule has 29 heavy (non-hydrogen) atoms. The molecule has 2 rings (SSSR count). The highest BCUT2D eigenvalue weighted by atomic mass is 35.5. The van der Waals surface area contributed by atoms with E-state index in [1.165, 1.54) is 7.05 Å². The molecule has 0 amide bonds. The standard InChI is InChI=1S/C16H15F4N3O4S.ClH/c1-22(28(26,27)12-5-3-11(4-6-12)23(24)25)9-15(21)10-2-7-13(14(17)8-10)16(18,19)20;/h2-8,15H,9,21H2,1H3;1H/t15-;/m1./s1. The molecule has 0 radical (unpaired) electrons. The fourth-order valence-corrected chi connectivity index (χ4v) is 3.59. The predicted octanol–water partition coefficient (Wildman–Crippen LogP) is 3.50. The monoisotopic (exact) mass is 457 g/mol. The van der Waals surface area contributed by atoms with Crippen molar-refractivity contribution in [3.8, 4) is 0 Å². The van der Waals surface area contributed by atoms with E-state index in [1.54, 1.807) is 0 Å². The molecule has 0 aliphatic heterocycles. The average Bonchev–Trinajstić information content (AvgIpc) is 2.60. The number of likely N-dealkylation sites (N-methyl/N-ethyl adjacent to an activating group) is 1. The molecule has 0 spiro atoms. The third-order valence-corrected chi connectivity index (χ3v) is 5.77. The Kier molecular flexibility index (Phi) is 7.71. The maximum Gasteiger partial charge on any atom is 0.419 e. The minimum atomic E-state index is -4.86. The van der Waals surface area contributed by atoms with Crippen LogP contribution in [-0.4, -0.2) is 31.2 Å². The van der Waals surface area contributed by atoms with Crippen molar-refractivity contribution >= 4 is 28.1 Å².